The predicted molar refractivity (Wildman–Crippen MR) is 118 cm³/mol. The summed E-state index contributed by atoms with van der Waals surface area (Å²) in [5.74, 6) is 0.921. The molecule has 3 heterocycles. The van der Waals surface area contributed by atoms with E-state index in [9.17, 15) is 0 Å². The Bertz CT molecular complexity index is 994. The minimum absolute atomic E-state index is 0.642. The molecule has 1 aromatic carbocycles. The molecule has 28 heavy (non-hydrogen) atoms. The molecule has 4 nitrogen and oxygen atoms in total. The largest absolute Gasteiger partial charge is 0.699 e. The fraction of sp³-hybridized carbons (Fsp3) is 0.261. The zero-order chi connectivity index (χ0) is 19.5. The molecule has 0 aliphatic carbocycles. The van der Waals surface area contributed by atoms with Gasteiger partial charge in [0, 0.05) is 29.1 Å². The first kappa shape index (κ1) is 18.6. The minimum atomic E-state index is 0.642. The Hall–Kier alpha value is -2.79. The number of nitrogens with zero attached hydrogens (tertiary/aromatic N) is 2. The number of rotatable bonds is 7. The van der Waals surface area contributed by atoms with Gasteiger partial charge in [0.05, 0.1) is 6.61 Å². The number of nitrogens with two attached hydrogens (primary N) is 1. The Morgan fingerprint density at radius 3 is 2.79 bits per heavy atom. The van der Waals surface area contributed by atoms with Crippen molar-refractivity contribution in [3.63, 3.8) is 0 Å². The van der Waals surface area contributed by atoms with Crippen molar-refractivity contribution in [1.29, 1.82) is 0 Å². The van der Waals surface area contributed by atoms with Crippen molar-refractivity contribution < 1.29 is 9.22 Å². The average molecular weight is 371 g/mol. The van der Waals surface area contributed by atoms with E-state index in [1.165, 1.54) is 22.5 Å². The topological polar surface area (TPSA) is 43.2 Å². The smallest absolute Gasteiger partial charge is 0.494 e. The van der Waals surface area contributed by atoms with Crippen molar-refractivity contribution in [2.45, 2.75) is 26.7 Å². The van der Waals surface area contributed by atoms with Gasteiger partial charge in [-0.2, -0.15) is 0 Å². The van der Waals surface area contributed by atoms with Crippen molar-refractivity contribution >= 4 is 31.5 Å². The highest BCUT2D eigenvalue weighted by molar-refractivity contribution is 6.28. The lowest BCUT2D eigenvalue weighted by Crippen LogP contribution is -2.30. The van der Waals surface area contributed by atoms with Gasteiger partial charge in [0.15, 0.2) is 5.70 Å². The van der Waals surface area contributed by atoms with Crippen LogP contribution in [0.5, 0.6) is 5.75 Å². The number of allylic oxidation sites excluding steroid dienone is 2. The molecule has 0 atom stereocenters. The third-order valence-corrected chi connectivity index (χ3v) is 5.06. The van der Waals surface area contributed by atoms with Gasteiger partial charge < -0.3 is 14.9 Å². The molecule has 1 aromatic heterocycles. The Morgan fingerprint density at radius 1 is 1.21 bits per heavy atom. The van der Waals surface area contributed by atoms with Crippen LogP contribution < -0.4 is 10.5 Å². The number of aromatic nitrogens is 1. The maximum absolute atomic E-state index is 5.90. The second-order valence-electron chi connectivity index (χ2n) is 7.16. The molecule has 2 aromatic rings. The molecule has 2 aliphatic heterocycles. The Balaban J connectivity index is 1.62. The van der Waals surface area contributed by atoms with Gasteiger partial charge in [0.2, 0.25) is 0 Å². The number of hydrogen-bond donors (Lipinski definition) is 1. The van der Waals surface area contributed by atoms with Crippen LogP contribution in [0.1, 0.15) is 42.3 Å². The van der Waals surface area contributed by atoms with Crippen LogP contribution in [0.3, 0.4) is 0 Å². The van der Waals surface area contributed by atoms with Crippen LogP contribution in [0.4, 0.5) is 0 Å². The van der Waals surface area contributed by atoms with E-state index < -0.39 is 0 Å². The van der Waals surface area contributed by atoms with Gasteiger partial charge in [-0.3, -0.25) is 4.49 Å². The first-order chi connectivity index (χ1) is 13.7. The third-order valence-electron chi connectivity index (χ3n) is 5.06. The SMILES string of the molecule is CCCOc1ccc(C=Cc2cc(C)c3n2[B][N+]2=CC=CC2=C3CCN)cc1. The maximum atomic E-state index is 5.90. The van der Waals surface area contributed by atoms with Crippen LogP contribution in [-0.4, -0.2) is 35.9 Å². The van der Waals surface area contributed by atoms with E-state index in [2.05, 4.69) is 79.1 Å². The molecule has 1 radical (unpaired) electrons. The monoisotopic (exact) mass is 371 g/mol. The van der Waals surface area contributed by atoms with Gasteiger partial charge in [-0.1, -0.05) is 25.1 Å². The highest BCUT2D eigenvalue weighted by Crippen LogP contribution is 2.33. The summed E-state index contributed by atoms with van der Waals surface area (Å²) in [5, 5.41) is 0. The highest BCUT2D eigenvalue weighted by Gasteiger charge is 2.34. The summed E-state index contributed by atoms with van der Waals surface area (Å²) in [7, 11) is 2.15. The number of hydrogen-bond acceptors (Lipinski definition) is 2. The molecule has 0 unspecified atom stereocenters. The molecule has 0 fully saturated rings. The van der Waals surface area contributed by atoms with Crippen molar-refractivity contribution in [2.24, 2.45) is 5.73 Å². The second kappa shape index (κ2) is 8.07. The molecular weight excluding hydrogens is 345 g/mol. The summed E-state index contributed by atoms with van der Waals surface area (Å²) < 4.78 is 10.1. The van der Waals surface area contributed by atoms with Crippen molar-refractivity contribution in [2.75, 3.05) is 13.2 Å². The Morgan fingerprint density at radius 2 is 2.04 bits per heavy atom. The number of ether oxygens (including phenoxy) is 1. The zero-order valence-corrected chi connectivity index (χ0v) is 16.6. The fourth-order valence-electron chi connectivity index (χ4n) is 3.78. The molecule has 141 valence electrons. The van der Waals surface area contributed by atoms with Crippen LogP contribution >= 0.6 is 0 Å². The summed E-state index contributed by atoms with van der Waals surface area (Å²) in [5.41, 5.74) is 13.3. The van der Waals surface area contributed by atoms with Gasteiger partial charge >= 0.3 is 7.55 Å². The predicted octanol–water partition coefficient (Wildman–Crippen LogP) is 3.86. The summed E-state index contributed by atoms with van der Waals surface area (Å²) >= 11 is 0. The summed E-state index contributed by atoms with van der Waals surface area (Å²) in [4.78, 5) is 0. The van der Waals surface area contributed by atoms with Crippen LogP contribution in [0.15, 0.2) is 48.2 Å². The first-order valence-electron chi connectivity index (χ1n) is 9.92. The van der Waals surface area contributed by atoms with Crippen LogP contribution in [-0.2, 0) is 0 Å². The van der Waals surface area contributed by atoms with Gasteiger partial charge in [0.1, 0.15) is 12.0 Å². The number of aryl methyl sites for hydroxylation is 1. The number of benzene rings is 1. The van der Waals surface area contributed by atoms with E-state index in [0.29, 0.717) is 6.54 Å². The molecule has 0 saturated carbocycles. The Labute approximate surface area is 167 Å². The van der Waals surface area contributed by atoms with Gasteiger partial charge in [-0.25, -0.2) is 0 Å². The van der Waals surface area contributed by atoms with E-state index in [4.69, 9.17) is 10.5 Å². The Kier molecular flexibility index (Phi) is 5.35. The van der Waals surface area contributed by atoms with Crippen molar-refractivity contribution in [3.05, 3.63) is 70.7 Å². The zero-order valence-electron chi connectivity index (χ0n) is 16.6. The third kappa shape index (κ3) is 3.50. The van der Waals surface area contributed by atoms with Crippen LogP contribution in [0, 0.1) is 6.92 Å². The highest BCUT2D eigenvalue weighted by atomic mass is 16.5. The van der Waals surface area contributed by atoms with Gasteiger partial charge in [0.25, 0.3) is 0 Å². The normalized spacial score (nSPS) is 14.9. The van der Waals surface area contributed by atoms with E-state index in [1.807, 2.05) is 12.1 Å². The average Bonchev–Trinajstić information content (AvgIpc) is 3.30. The summed E-state index contributed by atoms with van der Waals surface area (Å²) in [6.45, 7) is 5.68. The summed E-state index contributed by atoms with van der Waals surface area (Å²) in [6, 6.07) is 10.5. The standard InChI is InChI=1S/C23H26BN3O/c1-3-15-28-20-10-7-18(8-11-20)6-9-19-16-17(2)23-21(12-13-25)22-5-4-14-26(22)24-27(19)23/h4-11,14,16H,3,12-13,15,25H2,1-2H3/q+1. The quantitative estimate of drug-likeness (QED) is 0.751. The molecule has 5 heteroatoms. The molecule has 4 rings (SSSR count). The molecular formula is C23H26BN3O+. The molecule has 2 aliphatic rings. The lowest BCUT2D eigenvalue weighted by molar-refractivity contribution is -0.307. The maximum Gasteiger partial charge on any atom is 0.699 e. The number of fused-ring (bicyclic) bond motifs is 2. The lowest BCUT2D eigenvalue weighted by atomic mass is 9.94. The van der Waals surface area contributed by atoms with E-state index in [1.54, 1.807) is 0 Å². The van der Waals surface area contributed by atoms with Crippen molar-refractivity contribution in [3.8, 4) is 5.75 Å². The molecule has 0 saturated heterocycles. The first-order valence-corrected chi connectivity index (χ1v) is 9.92. The molecule has 0 bridgehead atoms. The fourth-order valence-corrected chi connectivity index (χ4v) is 3.78. The van der Waals surface area contributed by atoms with E-state index in [-0.39, 0.29) is 0 Å². The minimum Gasteiger partial charge on any atom is -0.494 e. The van der Waals surface area contributed by atoms with Crippen LogP contribution in [0.25, 0.3) is 17.7 Å². The molecule has 0 spiro atoms. The second-order valence-corrected chi connectivity index (χ2v) is 7.16. The molecule has 0 amide bonds. The van der Waals surface area contributed by atoms with E-state index in [0.717, 1.165) is 36.5 Å². The van der Waals surface area contributed by atoms with Gasteiger partial charge in [-0.15, -0.1) is 0 Å². The van der Waals surface area contributed by atoms with E-state index >= 15 is 0 Å². The van der Waals surface area contributed by atoms with Crippen molar-refractivity contribution in [1.82, 2.24) is 4.48 Å². The molecule has 2 N–H and O–H groups in total. The lowest BCUT2D eigenvalue weighted by Gasteiger charge is -2.18. The van der Waals surface area contributed by atoms with Gasteiger partial charge in [-0.05, 0) is 61.7 Å². The summed E-state index contributed by atoms with van der Waals surface area (Å²) in [6.07, 6.45) is 12.5. The van der Waals surface area contributed by atoms with Crippen LogP contribution in [0.2, 0.25) is 0 Å².